The Morgan fingerprint density at radius 1 is 0.935 bits per heavy atom. The van der Waals surface area contributed by atoms with Gasteiger partial charge in [0.1, 0.15) is 17.8 Å². The molecule has 5 aromatic rings. The Morgan fingerprint density at radius 2 is 1.71 bits per heavy atom. The molecular formula is C25H18N4O2. The zero-order valence-electron chi connectivity index (χ0n) is 16.5. The highest BCUT2D eigenvalue weighted by atomic mass is 16.5. The second-order valence-corrected chi connectivity index (χ2v) is 7.59. The number of rotatable bonds is 3. The van der Waals surface area contributed by atoms with Crippen molar-refractivity contribution >= 4 is 5.65 Å². The molecule has 0 radical (unpaired) electrons. The number of fused-ring (bicyclic) bond motifs is 4. The van der Waals surface area contributed by atoms with Gasteiger partial charge in [0.05, 0.1) is 5.56 Å². The van der Waals surface area contributed by atoms with Crippen molar-refractivity contribution < 1.29 is 9.84 Å². The first-order valence-corrected chi connectivity index (χ1v) is 10.1. The summed E-state index contributed by atoms with van der Waals surface area (Å²) in [4.78, 5) is 9.40. The van der Waals surface area contributed by atoms with Crippen molar-refractivity contribution in [3.8, 4) is 17.4 Å². The zero-order valence-corrected chi connectivity index (χ0v) is 16.5. The van der Waals surface area contributed by atoms with Crippen LogP contribution >= 0.6 is 0 Å². The highest BCUT2D eigenvalue weighted by molar-refractivity contribution is 5.66. The molecule has 1 aliphatic heterocycles. The molecule has 0 unspecified atom stereocenters. The van der Waals surface area contributed by atoms with E-state index in [2.05, 4.69) is 34.3 Å². The summed E-state index contributed by atoms with van der Waals surface area (Å²) in [6.07, 6.45) is 2.27. The first-order valence-electron chi connectivity index (χ1n) is 10.1. The molecule has 3 aromatic carbocycles. The third kappa shape index (κ3) is 3.00. The fourth-order valence-corrected chi connectivity index (χ4v) is 4.19. The molecule has 0 fully saturated rings. The van der Waals surface area contributed by atoms with Gasteiger partial charge in [0.25, 0.3) is 0 Å². The van der Waals surface area contributed by atoms with Gasteiger partial charge >= 0.3 is 0 Å². The van der Waals surface area contributed by atoms with Crippen LogP contribution in [0.3, 0.4) is 0 Å². The van der Waals surface area contributed by atoms with Crippen molar-refractivity contribution in [3.63, 3.8) is 0 Å². The first kappa shape index (κ1) is 17.7. The van der Waals surface area contributed by atoms with E-state index in [-0.39, 0.29) is 11.7 Å². The van der Waals surface area contributed by atoms with Crippen LogP contribution < -0.4 is 4.74 Å². The SMILES string of the molecule is Oc1ccc2c(c1)Oc1ncn3nc(Cc4ccccc4)nc3c1[C@@H]2c1ccccc1. The van der Waals surface area contributed by atoms with Crippen LogP contribution in [0.25, 0.3) is 5.65 Å². The number of aromatic hydroxyl groups is 1. The van der Waals surface area contributed by atoms with E-state index in [1.165, 1.54) is 0 Å². The van der Waals surface area contributed by atoms with Crippen LogP contribution in [0.15, 0.2) is 85.2 Å². The van der Waals surface area contributed by atoms with E-state index in [0.29, 0.717) is 18.1 Å². The Morgan fingerprint density at radius 3 is 2.52 bits per heavy atom. The summed E-state index contributed by atoms with van der Waals surface area (Å²) in [5.74, 6) is 1.83. The molecule has 1 aliphatic rings. The number of aromatic nitrogens is 4. The monoisotopic (exact) mass is 406 g/mol. The van der Waals surface area contributed by atoms with Crippen LogP contribution in [-0.4, -0.2) is 24.7 Å². The lowest BCUT2D eigenvalue weighted by Crippen LogP contribution is -2.14. The van der Waals surface area contributed by atoms with E-state index in [1.54, 1.807) is 23.0 Å². The summed E-state index contributed by atoms with van der Waals surface area (Å²) >= 11 is 0. The lowest BCUT2D eigenvalue weighted by molar-refractivity contribution is 0.422. The smallest absolute Gasteiger partial charge is 0.228 e. The molecule has 0 amide bonds. The number of benzene rings is 3. The Kier molecular flexibility index (Phi) is 3.96. The molecule has 31 heavy (non-hydrogen) atoms. The summed E-state index contributed by atoms with van der Waals surface area (Å²) in [6, 6.07) is 25.6. The van der Waals surface area contributed by atoms with Crippen molar-refractivity contribution in [2.45, 2.75) is 12.3 Å². The molecule has 0 aliphatic carbocycles. The summed E-state index contributed by atoms with van der Waals surface area (Å²) in [7, 11) is 0. The number of ether oxygens (including phenoxy) is 1. The quantitative estimate of drug-likeness (QED) is 0.461. The summed E-state index contributed by atoms with van der Waals surface area (Å²) in [5.41, 5.74) is 4.81. The molecule has 2 aromatic heterocycles. The highest BCUT2D eigenvalue weighted by Crippen LogP contribution is 2.48. The number of nitrogens with zero attached hydrogens (tertiary/aromatic N) is 4. The average molecular weight is 406 g/mol. The minimum absolute atomic E-state index is 0.134. The maximum absolute atomic E-state index is 9.98. The largest absolute Gasteiger partial charge is 0.508 e. The fraction of sp³-hybridized carbons (Fsp3) is 0.0800. The number of phenols is 1. The Labute approximate surface area is 178 Å². The normalized spacial score (nSPS) is 14.6. The van der Waals surface area contributed by atoms with E-state index < -0.39 is 0 Å². The average Bonchev–Trinajstić information content (AvgIpc) is 3.21. The van der Waals surface area contributed by atoms with Gasteiger partial charge in [0, 0.05) is 24.0 Å². The molecule has 6 heteroatoms. The van der Waals surface area contributed by atoms with E-state index in [9.17, 15) is 5.11 Å². The highest BCUT2D eigenvalue weighted by Gasteiger charge is 2.33. The van der Waals surface area contributed by atoms with Crippen molar-refractivity contribution in [1.29, 1.82) is 0 Å². The van der Waals surface area contributed by atoms with Crippen molar-refractivity contribution in [2.24, 2.45) is 0 Å². The first-order chi connectivity index (χ1) is 15.3. The van der Waals surface area contributed by atoms with Gasteiger partial charge in [-0.25, -0.2) is 14.5 Å². The second kappa shape index (κ2) is 6.95. The molecular weight excluding hydrogens is 388 g/mol. The van der Waals surface area contributed by atoms with Gasteiger partial charge in [0.2, 0.25) is 5.88 Å². The molecule has 0 bridgehead atoms. The van der Waals surface area contributed by atoms with Crippen LogP contribution in [-0.2, 0) is 6.42 Å². The topological polar surface area (TPSA) is 72.5 Å². The van der Waals surface area contributed by atoms with Crippen molar-refractivity contribution in [2.75, 3.05) is 0 Å². The van der Waals surface area contributed by atoms with Gasteiger partial charge in [-0.1, -0.05) is 66.7 Å². The maximum Gasteiger partial charge on any atom is 0.228 e. The van der Waals surface area contributed by atoms with E-state index in [1.807, 2.05) is 42.5 Å². The third-order valence-corrected chi connectivity index (χ3v) is 5.57. The third-order valence-electron chi connectivity index (χ3n) is 5.57. The van der Waals surface area contributed by atoms with E-state index >= 15 is 0 Å². The standard InChI is InChI=1S/C25H18N4O2/c30-18-11-12-19-20(14-18)31-25-23(22(19)17-9-5-2-6-10-17)24-27-21(28-29(24)15-26-25)13-16-7-3-1-4-8-16/h1-12,14-15,22,30H,13H2/t22-/m1/s1. The molecule has 3 heterocycles. The predicted octanol–water partition coefficient (Wildman–Crippen LogP) is 4.71. The molecule has 0 saturated carbocycles. The van der Waals surface area contributed by atoms with Gasteiger partial charge in [-0.3, -0.25) is 0 Å². The summed E-state index contributed by atoms with van der Waals surface area (Å²) in [6.45, 7) is 0. The molecule has 6 rings (SSSR count). The molecule has 0 spiro atoms. The van der Waals surface area contributed by atoms with Crippen LogP contribution in [0.4, 0.5) is 0 Å². The molecule has 0 saturated heterocycles. The van der Waals surface area contributed by atoms with Gasteiger partial charge in [-0.15, -0.1) is 5.10 Å². The Hall–Kier alpha value is -4.19. The minimum atomic E-state index is -0.134. The summed E-state index contributed by atoms with van der Waals surface area (Å²) < 4.78 is 7.82. The van der Waals surface area contributed by atoms with Crippen LogP contribution in [0.1, 0.15) is 34.0 Å². The fourth-order valence-electron chi connectivity index (χ4n) is 4.19. The Bertz CT molecular complexity index is 1400. The predicted molar refractivity (Wildman–Crippen MR) is 116 cm³/mol. The molecule has 1 atom stereocenters. The minimum Gasteiger partial charge on any atom is -0.508 e. The van der Waals surface area contributed by atoms with E-state index in [0.717, 1.165) is 33.7 Å². The number of hydrogen-bond donors (Lipinski definition) is 1. The van der Waals surface area contributed by atoms with Crippen LogP contribution in [0.5, 0.6) is 17.4 Å². The van der Waals surface area contributed by atoms with Gasteiger partial charge in [-0.2, -0.15) is 0 Å². The lowest BCUT2D eigenvalue weighted by atomic mass is 9.84. The lowest BCUT2D eigenvalue weighted by Gasteiger charge is -2.27. The van der Waals surface area contributed by atoms with Crippen molar-refractivity contribution in [1.82, 2.24) is 19.6 Å². The van der Waals surface area contributed by atoms with Crippen LogP contribution in [0, 0.1) is 0 Å². The van der Waals surface area contributed by atoms with E-state index in [4.69, 9.17) is 9.72 Å². The number of phenolic OH excluding ortho intramolecular Hbond substituents is 1. The van der Waals surface area contributed by atoms with Gasteiger partial charge in [-0.05, 0) is 17.2 Å². The summed E-state index contributed by atoms with van der Waals surface area (Å²) in [5, 5.41) is 14.6. The molecule has 6 nitrogen and oxygen atoms in total. The zero-order chi connectivity index (χ0) is 20.8. The molecule has 1 N–H and O–H groups in total. The molecule has 150 valence electrons. The van der Waals surface area contributed by atoms with Gasteiger partial charge < -0.3 is 9.84 Å². The van der Waals surface area contributed by atoms with Crippen molar-refractivity contribution in [3.05, 3.63) is 113 Å². The number of hydrogen-bond acceptors (Lipinski definition) is 5. The maximum atomic E-state index is 9.98. The van der Waals surface area contributed by atoms with Crippen LogP contribution in [0.2, 0.25) is 0 Å². The second-order valence-electron chi connectivity index (χ2n) is 7.59. The Balaban J connectivity index is 1.55. The van der Waals surface area contributed by atoms with Gasteiger partial charge in [0.15, 0.2) is 11.5 Å².